The summed E-state index contributed by atoms with van der Waals surface area (Å²) in [7, 11) is 0. The molecule has 1 aliphatic rings. The van der Waals surface area contributed by atoms with Crippen LogP contribution in [-0.2, 0) is 0 Å². The smallest absolute Gasteiger partial charge is 0.0166 e. The molecule has 0 bridgehead atoms. The minimum atomic E-state index is 0.384. The van der Waals surface area contributed by atoms with E-state index in [1.165, 1.54) is 38.9 Å². The first-order chi connectivity index (χ1) is 6.56. The van der Waals surface area contributed by atoms with Crippen LogP contribution in [0.15, 0.2) is 0 Å². The van der Waals surface area contributed by atoms with Gasteiger partial charge < -0.3 is 5.32 Å². The van der Waals surface area contributed by atoms with Crippen molar-refractivity contribution in [3.63, 3.8) is 0 Å². The van der Waals surface area contributed by atoms with Crippen molar-refractivity contribution >= 4 is 0 Å². The molecule has 0 saturated carbocycles. The zero-order valence-corrected chi connectivity index (χ0v) is 10.3. The normalized spacial score (nSPS) is 26.1. The summed E-state index contributed by atoms with van der Waals surface area (Å²) < 4.78 is 0. The summed E-state index contributed by atoms with van der Waals surface area (Å²) in [5.41, 5.74) is 0.384. The average molecular weight is 198 g/mol. The lowest BCUT2D eigenvalue weighted by Crippen LogP contribution is -2.47. The average Bonchev–Trinajstić information content (AvgIpc) is 2.30. The van der Waals surface area contributed by atoms with E-state index in [2.05, 4.69) is 37.9 Å². The van der Waals surface area contributed by atoms with Gasteiger partial charge in [0.25, 0.3) is 0 Å². The molecule has 2 nitrogen and oxygen atoms in total. The summed E-state index contributed by atoms with van der Waals surface area (Å²) in [6, 6.07) is 0.647. The summed E-state index contributed by atoms with van der Waals surface area (Å²) in [6.45, 7) is 13.0. The van der Waals surface area contributed by atoms with Crippen LogP contribution in [0.3, 0.4) is 0 Å². The molecule has 1 fully saturated rings. The standard InChI is InChI=1S/C12H26N2/c1-5-7-12(3,4)14-9-6-8-13-11(2)10-14/h11,13H,5-10H2,1-4H3. The monoisotopic (exact) mass is 198 g/mol. The molecule has 1 rings (SSSR count). The van der Waals surface area contributed by atoms with E-state index in [0.29, 0.717) is 11.6 Å². The number of hydrogen-bond acceptors (Lipinski definition) is 2. The molecule has 2 heteroatoms. The third-order valence-corrected chi connectivity index (χ3v) is 3.31. The third kappa shape index (κ3) is 3.25. The molecule has 84 valence electrons. The zero-order valence-electron chi connectivity index (χ0n) is 10.3. The van der Waals surface area contributed by atoms with E-state index in [1.807, 2.05) is 0 Å². The van der Waals surface area contributed by atoms with Crippen molar-refractivity contribution in [2.45, 2.75) is 58.5 Å². The van der Waals surface area contributed by atoms with E-state index < -0.39 is 0 Å². The van der Waals surface area contributed by atoms with Gasteiger partial charge in [0.2, 0.25) is 0 Å². The highest BCUT2D eigenvalue weighted by Gasteiger charge is 2.27. The number of nitrogens with zero attached hydrogens (tertiary/aromatic N) is 1. The van der Waals surface area contributed by atoms with Gasteiger partial charge in [0.15, 0.2) is 0 Å². The van der Waals surface area contributed by atoms with Crippen LogP contribution in [0, 0.1) is 0 Å². The Kier molecular flexibility index (Phi) is 4.39. The van der Waals surface area contributed by atoms with Gasteiger partial charge in [-0.05, 0) is 46.7 Å². The molecule has 1 heterocycles. The highest BCUT2D eigenvalue weighted by molar-refractivity contribution is 4.85. The molecule has 0 aromatic carbocycles. The molecule has 0 aromatic rings. The minimum absolute atomic E-state index is 0.384. The molecule has 0 aromatic heterocycles. The van der Waals surface area contributed by atoms with Gasteiger partial charge in [0.05, 0.1) is 0 Å². The second kappa shape index (κ2) is 5.13. The van der Waals surface area contributed by atoms with Crippen molar-refractivity contribution < 1.29 is 0 Å². The van der Waals surface area contributed by atoms with Gasteiger partial charge >= 0.3 is 0 Å². The number of nitrogens with one attached hydrogen (secondary N) is 1. The summed E-state index contributed by atoms with van der Waals surface area (Å²) in [5, 5.41) is 3.55. The zero-order chi connectivity index (χ0) is 10.6. The van der Waals surface area contributed by atoms with E-state index in [1.54, 1.807) is 0 Å². The minimum Gasteiger partial charge on any atom is -0.313 e. The van der Waals surface area contributed by atoms with E-state index in [0.717, 1.165) is 0 Å². The van der Waals surface area contributed by atoms with Crippen molar-refractivity contribution in [2.24, 2.45) is 0 Å². The first-order valence-electron chi connectivity index (χ1n) is 6.04. The largest absolute Gasteiger partial charge is 0.313 e. The lowest BCUT2D eigenvalue weighted by Gasteiger charge is -2.38. The molecule has 1 N–H and O–H groups in total. The molecule has 0 spiro atoms. The Hall–Kier alpha value is -0.0800. The summed E-state index contributed by atoms with van der Waals surface area (Å²) >= 11 is 0. The third-order valence-electron chi connectivity index (χ3n) is 3.31. The fourth-order valence-electron chi connectivity index (χ4n) is 2.42. The maximum absolute atomic E-state index is 3.55. The Balaban J connectivity index is 2.55. The summed E-state index contributed by atoms with van der Waals surface area (Å²) in [5.74, 6) is 0. The molecule has 0 aliphatic carbocycles. The molecule has 0 radical (unpaired) electrons. The Morgan fingerprint density at radius 2 is 2.14 bits per heavy atom. The molecule has 0 amide bonds. The maximum atomic E-state index is 3.55. The quantitative estimate of drug-likeness (QED) is 0.748. The van der Waals surface area contributed by atoms with Gasteiger partial charge in [-0.25, -0.2) is 0 Å². The van der Waals surface area contributed by atoms with Gasteiger partial charge in [-0.2, -0.15) is 0 Å². The van der Waals surface area contributed by atoms with Gasteiger partial charge in [0, 0.05) is 18.1 Å². The molecule has 14 heavy (non-hydrogen) atoms. The summed E-state index contributed by atoms with van der Waals surface area (Å²) in [4.78, 5) is 2.65. The van der Waals surface area contributed by atoms with E-state index in [4.69, 9.17) is 0 Å². The topological polar surface area (TPSA) is 15.3 Å². The second-order valence-corrected chi connectivity index (χ2v) is 5.22. The lowest BCUT2D eigenvalue weighted by atomic mass is 9.96. The van der Waals surface area contributed by atoms with Crippen LogP contribution in [0.4, 0.5) is 0 Å². The van der Waals surface area contributed by atoms with Gasteiger partial charge in [-0.15, -0.1) is 0 Å². The van der Waals surface area contributed by atoms with Gasteiger partial charge in [0.1, 0.15) is 0 Å². The predicted octanol–water partition coefficient (Wildman–Crippen LogP) is 2.25. The fourth-order valence-corrected chi connectivity index (χ4v) is 2.42. The van der Waals surface area contributed by atoms with Crippen LogP contribution in [0.5, 0.6) is 0 Å². The first-order valence-corrected chi connectivity index (χ1v) is 6.04. The second-order valence-electron chi connectivity index (χ2n) is 5.22. The number of hydrogen-bond donors (Lipinski definition) is 1. The van der Waals surface area contributed by atoms with Crippen molar-refractivity contribution in [2.75, 3.05) is 19.6 Å². The van der Waals surface area contributed by atoms with Crippen LogP contribution < -0.4 is 5.32 Å². The molecule has 1 unspecified atom stereocenters. The van der Waals surface area contributed by atoms with Crippen LogP contribution in [0.25, 0.3) is 0 Å². The van der Waals surface area contributed by atoms with Crippen molar-refractivity contribution in [3.05, 3.63) is 0 Å². The van der Waals surface area contributed by atoms with Crippen molar-refractivity contribution in [3.8, 4) is 0 Å². The number of rotatable bonds is 3. The van der Waals surface area contributed by atoms with Crippen molar-refractivity contribution in [1.82, 2.24) is 10.2 Å². The molecule has 1 atom stereocenters. The Labute approximate surface area is 89.1 Å². The Bertz CT molecular complexity index is 166. The summed E-state index contributed by atoms with van der Waals surface area (Å²) in [6.07, 6.45) is 3.88. The Morgan fingerprint density at radius 3 is 2.79 bits per heavy atom. The SMILES string of the molecule is CCCC(C)(C)N1CCCNC(C)C1. The van der Waals surface area contributed by atoms with E-state index in [-0.39, 0.29) is 0 Å². The molecule has 1 aliphatic heterocycles. The van der Waals surface area contributed by atoms with Crippen LogP contribution >= 0.6 is 0 Å². The molecular weight excluding hydrogens is 172 g/mol. The highest BCUT2D eigenvalue weighted by Crippen LogP contribution is 2.22. The fraction of sp³-hybridized carbons (Fsp3) is 1.00. The first kappa shape index (κ1) is 12.0. The van der Waals surface area contributed by atoms with Crippen LogP contribution in [-0.4, -0.2) is 36.1 Å². The van der Waals surface area contributed by atoms with Gasteiger partial charge in [-0.1, -0.05) is 13.3 Å². The molecule has 1 saturated heterocycles. The van der Waals surface area contributed by atoms with E-state index >= 15 is 0 Å². The van der Waals surface area contributed by atoms with Crippen LogP contribution in [0.2, 0.25) is 0 Å². The van der Waals surface area contributed by atoms with Crippen molar-refractivity contribution in [1.29, 1.82) is 0 Å². The van der Waals surface area contributed by atoms with E-state index in [9.17, 15) is 0 Å². The Morgan fingerprint density at radius 1 is 1.43 bits per heavy atom. The van der Waals surface area contributed by atoms with Gasteiger partial charge in [-0.3, -0.25) is 4.90 Å². The molecular formula is C12H26N2. The van der Waals surface area contributed by atoms with Crippen LogP contribution in [0.1, 0.15) is 47.0 Å². The highest BCUT2D eigenvalue weighted by atomic mass is 15.2. The predicted molar refractivity (Wildman–Crippen MR) is 62.6 cm³/mol. The maximum Gasteiger partial charge on any atom is 0.0166 e. The lowest BCUT2D eigenvalue weighted by molar-refractivity contribution is 0.110.